The molecule has 0 heterocycles. The van der Waals surface area contributed by atoms with E-state index in [1.165, 1.54) is 0 Å². The standard InChI is InChI=1S/C14H28O2/c1-10(2)8-12(5)14(6,7)13(15)16-9-11(3)4/h10-12H,8-9H2,1-7H3. The van der Waals surface area contributed by atoms with E-state index in [4.69, 9.17) is 4.74 Å². The summed E-state index contributed by atoms with van der Waals surface area (Å²) in [5.41, 5.74) is -0.376. The SMILES string of the molecule is CC(C)COC(=O)C(C)(C)C(C)CC(C)C. The average Bonchev–Trinajstić information content (AvgIpc) is 2.12. The summed E-state index contributed by atoms with van der Waals surface area (Å²) in [6.45, 7) is 15.1. The fourth-order valence-electron chi connectivity index (χ4n) is 1.63. The molecule has 1 unspecified atom stereocenters. The molecule has 0 radical (unpaired) electrons. The lowest BCUT2D eigenvalue weighted by Crippen LogP contribution is -2.34. The molecule has 0 N–H and O–H groups in total. The minimum atomic E-state index is -0.376. The van der Waals surface area contributed by atoms with Gasteiger partial charge in [-0.25, -0.2) is 0 Å². The van der Waals surface area contributed by atoms with E-state index in [2.05, 4.69) is 34.6 Å². The summed E-state index contributed by atoms with van der Waals surface area (Å²) in [5.74, 6) is 1.31. The molecule has 0 aliphatic carbocycles. The summed E-state index contributed by atoms with van der Waals surface area (Å²) in [6, 6.07) is 0. The maximum absolute atomic E-state index is 12.0. The number of hydrogen-bond acceptors (Lipinski definition) is 2. The quantitative estimate of drug-likeness (QED) is 0.645. The third kappa shape index (κ3) is 5.00. The molecule has 0 aliphatic heterocycles. The summed E-state index contributed by atoms with van der Waals surface area (Å²) < 4.78 is 5.33. The first kappa shape index (κ1) is 15.5. The van der Waals surface area contributed by atoms with Crippen molar-refractivity contribution in [1.29, 1.82) is 0 Å². The van der Waals surface area contributed by atoms with E-state index in [9.17, 15) is 4.79 Å². The minimum absolute atomic E-state index is 0.0608. The number of ether oxygens (including phenoxy) is 1. The van der Waals surface area contributed by atoms with Crippen LogP contribution in [-0.2, 0) is 9.53 Å². The Balaban J connectivity index is 4.34. The summed E-state index contributed by atoms with van der Waals surface area (Å²) in [7, 11) is 0. The molecule has 2 heteroatoms. The number of carbonyl (C=O) groups is 1. The number of esters is 1. The summed E-state index contributed by atoms with van der Waals surface area (Å²) in [5, 5.41) is 0. The molecule has 0 aromatic carbocycles. The molecule has 0 spiro atoms. The highest BCUT2D eigenvalue weighted by molar-refractivity contribution is 5.76. The van der Waals surface area contributed by atoms with Crippen LogP contribution in [-0.4, -0.2) is 12.6 Å². The van der Waals surface area contributed by atoms with E-state index >= 15 is 0 Å². The predicted molar refractivity (Wildman–Crippen MR) is 68.2 cm³/mol. The molecule has 0 saturated heterocycles. The van der Waals surface area contributed by atoms with Crippen molar-refractivity contribution in [3.05, 3.63) is 0 Å². The van der Waals surface area contributed by atoms with Crippen LogP contribution in [0.4, 0.5) is 0 Å². The van der Waals surface area contributed by atoms with Gasteiger partial charge in [0.1, 0.15) is 0 Å². The van der Waals surface area contributed by atoms with E-state index < -0.39 is 0 Å². The van der Waals surface area contributed by atoms with Crippen LogP contribution >= 0.6 is 0 Å². The van der Waals surface area contributed by atoms with Crippen LogP contribution in [0.2, 0.25) is 0 Å². The van der Waals surface area contributed by atoms with Crippen molar-refractivity contribution in [2.24, 2.45) is 23.2 Å². The molecule has 2 nitrogen and oxygen atoms in total. The fraction of sp³-hybridized carbons (Fsp3) is 0.929. The van der Waals surface area contributed by atoms with E-state index in [1.54, 1.807) is 0 Å². The van der Waals surface area contributed by atoms with Crippen molar-refractivity contribution in [2.45, 2.75) is 54.9 Å². The first-order chi connectivity index (χ1) is 7.17. The van der Waals surface area contributed by atoms with E-state index in [0.29, 0.717) is 24.4 Å². The maximum atomic E-state index is 12.0. The lowest BCUT2D eigenvalue weighted by Gasteiger charge is -2.30. The second-order valence-corrected chi connectivity index (χ2v) is 6.24. The van der Waals surface area contributed by atoms with Gasteiger partial charge >= 0.3 is 5.97 Å². The summed E-state index contributed by atoms with van der Waals surface area (Å²) >= 11 is 0. The smallest absolute Gasteiger partial charge is 0.311 e. The second-order valence-electron chi connectivity index (χ2n) is 6.24. The molecule has 0 amide bonds. The van der Waals surface area contributed by atoms with E-state index in [0.717, 1.165) is 6.42 Å². The van der Waals surface area contributed by atoms with Crippen LogP contribution in [0.1, 0.15) is 54.9 Å². The Morgan fingerprint density at radius 3 is 1.94 bits per heavy atom. The summed E-state index contributed by atoms with van der Waals surface area (Å²) in [4.78, 5) is 12.0. The Bertz CT molecular complexity index is 217. The van der Waals surface area contributed by atoms with Crippen LogP contribution < -0.4 is 0 Å². The highest BCUT2D eigenvalue weighted by atomic mass is 16.5. The molecular weight excluding hydrogens is 200 g/mol. The number of carbonyl (C=O) groups excluding carboxylic acids is 1. The minimum Gasteiger partial charge on any atom is -0.465 e. The average molecular weight is 228 g/mol. The lowest BCUT2D eigenvalue weighted by molar-refractivity contribution is -0.158. The molecule has 0 fully saturated rings. The Kier molecular flexibility index (Phi) is 6.06. The van der Waals surface area contributed by atoms with Gasteiger partial charge in [-0.15, -0.1) is 0 Å². The third-order valence-corrected chi connectivity index (χ3v) is 3.13. The molecular formula is C14H28O2. The second kappa shape index (κ2) is 6.27. The lowest BCUT2D eigenvalue weighted by atomic mass is 9.76. The number of hydrogen-bond donors (Lipinski definition) is 0. The molecule has 0 aromatic heterocycles. The molecule has 0 aliphatic rings. The predicted octanol–water partition coefficient (Wildman–Crippen LogP) is 3.89. The summed E-state index contributed by atoms with van der Waals surface area (Å²) in [6.07, 6.45) is 1.06. The zero-order valence-corrected chi connectivity index (χ0v) is 12.0. The van der Waals surface area contributed by atoms with Gasteiger partial charge < -0.3 is 4.74 Å². The molecule has 0 bridgehead atoms. The normalized spacial score (nSPS) is 14.3. The van der Waals surface area contributed by atoms with Crippen LogP contribution in [0, 0.1) is 23.2 Å². The van der Waals surface area contributed by atoms with Gasteiger partial charge in [-0.05, 0) is 38.0 Å². The van der Waals surface area contributed by atoms with Crippen molar-refractivity contribution in [3.63, 3.8) is 0 Å². The molecule has 0 saturated carbocycles. The molecule has 0 rings (SSSR count). The Labute approximate surface area is 101 Å². The van der Waals surface area contributed by atoms with Gasteiger partial charge in [-0.2, -0.15) is 0 Å². The van der Waals surface area contributed by atoms with Crippen LogP contribution in [0.5, 0.6) is 0 Å². The monoisotopic (exact) mass is 228 g/mol. The zero-order chi connectivity index (χ0) is 12.9. The Morgan fingerprint density at radius 2 is 1.56 bits per heavy atom. The van der Waals surface area contributed by atoms with E-state index in [-0.39, 0.29) is 11.4 Å². The van der Waals surface area contributed by atoms with Crippen molar-refractivity contribution in [2.75, 3.05) is 6.61 Å². The van der Waals surface area contributed by atoms with Gasteiger partial charge in [0, 0.05) is 0 Å². The number of rotatable bonds is 6. The van der Waals surface area contributed by atoms with Gasteiger partial charge in [0.05, 0.1) is 12.0 Å². The zero-order valence-electron chi connectivity index (χ0n) is 12.0. The highest BCUT2D eigenvalue weighted by Crippen LogP contribution is 2.32. The largest absolute Gasteiger partial charge is 0.465 e. The van der Waals surface area contributed by atoms with Crippen LogP contribution in [0.15, 0.2) is 0 Å². The van der Waals surface area contributed by atoms with Gasteiger partial charge in [0.2, 0.25) is 0 Å². The first-order valence-electron chi connectivity index (χ1n) is 6.35. The van der Waals surface area contributed by atoms with Crippen molar-refractivity contribution >= 4 is 5.97 Å². The van der Waals surface area contributed by atoms with E-state index in [1.807, 2.05) is 13.8 Å². The van der Waals surface area contributed by atoms with Gasteiger partial charge in [-0.3, -0.25) is 4.79 Å². The molecule has 16 heavy (non-hydrogen) atoms. The molecule has 96 valence electrons. The van der Waals surface area contributed by atoms with Crippen LogP contribution in [0.3, 0.4) is 0 Å². The van der Waals surface area contributed by atoms with Gasteiger partial charge in [0.25, 0.3) is 0 Å². The first-order valence-corrected chi connectivity index (χ1v) is 6.35. The van der Waals surface area contributed by atoms with Gasteiger partial charge in [0.15, 0.2) is 0 Å². The van der Waals surface area contributed by atoms with Gasteiger partial charge in [-0.1, -0.05) is 34.6 Å². The Hall–Kier alpha value is -0.530. The third-order valence-electron chi connectivity index (χ3n) is 3.13. The maximum Gasteiger partial charge on any atom is 0.311 e. The van der Waals surface area contributed by atoms with Crippen LogP contribution in [0.25, 0.3) is 0 Å². The van der Waals surface area contributed by atoms with Crippen molar-refractivity contribution in [3.8, 4) is 0 Å². The molecule has 0 aromatic rings. The highest BCUT2D eigenvalue weighted by Gasteiger charge is 2.35. The van der Waals surface area contributed by atoms with Crippen molar-refractivity contribution < 1.29 is 9.53 Å². The topological polar surface area (TPSA) is 26.3 Å². The molecule has 1 atom stereocenters. The fourth-order valence-corrected chi connectivity index (χ4v) is 1.63. The Morgan fingerprint density at radius 1 is 1.06 bits per heavy atom. The van der Waals surface area contributed by atoms with Crippen molar-refractivity contribution in [1.82, 2.24) is 0 Å².